The fourth-order valence-corrected chi connectivity index (χ4v) is 20.0. The van der Waals surface area contributed by atoms with E-state index in [0.717, 1.165) is 10.9 Å². The van der Waals surface area contributed by atoms with Crippen molar-refractivity contribution in [2.24, 2.45) is 0 Å². The van der Waals surface area contributed by atoms with Crippen molar-refractivity contribution in [3.63, 3.8) is 0 Å². The molecule has 0 saturated carbocycles. The molecule has 0 amide bonds. The van der Waals surface area contributed by atoms with Crippen LogP contribution in [0.15, 0.2) is 30.5 Å². The van der Waals surface area contributed by atoms with Crippen LogP contribution in [0.1, 0.15) is 69.7 Å². The topological polar surface area (TPSA) is 50.2 Å². The molecule has 0 atom stereocenters. The number of benzene rings is 1. The monoisotopic (exact) mass is 463 g/mol. The number of carboxylic acids is 1. The van der Waals surface area contributed by atoms with Gasteiger partial charge in [0.05, 0.1) is 0 Å². The van der Waals surface area contributed by atoms with Crippen molar-refractivity contribution in [1.82, 2.24) is 4.98 Å². The van der Waals surface area contributed by atoms with Crippen LogP contribution < -0.4 is 3.58 Å². The third kappa shape index (κ3) is 4.99. The summed E-state index contributed by atoms with van der Waals surface area (Å²) in [5.41, 5.74) is 1.19. The molecule has 1 aromatic carbocycles. The Morgan fingerprint density at radius 2 is 1.54 bits per heavy atom. The van der Waals surface area contributed by atoms with Gasteiger partial charge in [0, 0.05) is 0 Å². The number of aromatic nitrogens is 1. The zero-order valence-electron chi connectivity index (χ0n) is 16.6. The molecule has 0 aliphatic rings. The Kier molecular flexibility index (Phi) is 8.39. The molecule has 1 aromatic heterocycles. The summed E-state index contributed by atoms with van der Waals surface area (Å²) >= 11 is -2.54. The van der Waals surface area contributed by atoms with Crippen molar-refractivity contribution in [1.29, 1.82) is 0 Å². The Labute approximate surface area is 162 Å². The average molecular weight is 462 g/mol. The molecular formula is C22H33NO2Sn. The van der Waals surface area contributed by atoms with Crippen LogP contribution in [0.3, 0.4) is 0 Å². The summed E-state index contributed by atoms with van der Waals surface area (Å²) in [6.07, 6.45) is 9.25. The van der Waals surface area contributed by atoms with E-state index in [1.165, 1.54) is 55.4 Å². The van der Waals surface area contributed by atoms with Gasteiger partial charge >= 0.3 is 162 Å². The van der Waals surface area contributed by atoms with Crippen LogP contribution in [-0.4, -0.2) is 34.4 Å². The SMILES string of the molecule is CCC[CH2][Sn]([CH2]CCC)([CH2]CCC)[c]1ccc2nccc(C(=O)O)c2c1. The van der Waals surface area contributed by atoms with Crippen molar-refractivity contribution in [3.8, 4) is 0 Å². The van der Waals surface area contributed by atoms with Crippen LogP contribution in [0.2, 0.25) is 13.3 Å². The first-order valence-electron chi connectivity index (χ1n) is 10.2. The number of aromatic carboxylic acids is 1. The van der Waals surface area contributed by atoms with Gasteiger partial charge in [0.2, 0.25) is 0 Å². The minimum atomic E-state index is -2.54. The summed E-state index contributed by atoms with van der Waals surface area (Å²) < 4.78 is 5.68. The maximum atomic E-state index is 11.7. The van der Waals surface area contributed by atoms with Gasteiger partial charge in [0.1, 0.15) is 0 Å². The van der Waals surface area contributed by atoms with Gasteiger partial charge in [0.25, 0.3) is 0 Å². The normalized spacial score (nSPS) is 11.8. The molecule has 2 rings (SSSR count). The van der Waals surface area contributed by atoms with E-state index < -0.39 is 24.3 Å². The standard InChI is InChI=1S/C10H6NO2.3C4H9.Sn/c12-10(13)8-5-6-11-9-4-2-1-3-7(8)9;3*1-3-4-2;/h2-6H,(H,12,13);3*1,3-4H2,2H3;. The molecule has 0 unspecified atom stereocenters. The predicted molar refractivity (Wildman–Crippen MR) is 113 cm³/mol. The van der Waals surface area contributed by atoms with Crippen molar-refractivity contribution in [2.45, 2.75) is 72.6 Å². The average Bonchev–Trinajstić information content (AvgIpc) is 2.66. The van der Waals surface area contributed by atoms with Crippen LogP contribution in [-0.2, 0) is 0 Å². The quantitative estimate of drug-likeness (QED) is 0.418. The van der Waals surface area contributed by atoms with Crippen molar-refractivity contribution < 1.29 is 9.90 Å². The zero-order chi connectivity index (χ0) is 19.0. The third-order valence-corrected chi connectivity index (χ3v) is 21.2. The number of nitrogens with zero attached hydrogens (tertiary/aromatic N) is 1. The summed E-state index contributed by atoms with van der Waals surface area (Å²) in [4.78, 5) is 16.1. The first kappa shape index (κ1) is 21.2. The fraction of sp³-hybridized carbons (Fsp3) is 0.545. The van der Waals surface area contributed by atoms with E-state index in [4.69, 9.17) is 0 Å². The molecule has 142 valence electrons. The molecule has 1 N–H and O–H groups in total. The molecule has 0 aliphatic carbocycles. The Hall–Kier alpha value is -1.10. The number of unbranched alkanes of at least 4 members (excludes halogenated alkanes) is 3. The number of hydrogen-bond donors (Lipinski definition) is 1. The molecule has 0 aliphatic heterocycles. The molecule has 26 heavy (non-hydrogen) atoms. The molecule has 0 fully saturated rings. The van der Waals surface area contributed by atoms with E-state index in [-0.39, 0.29) is 0 Å². The van der Waals surface area contributed by atoms with Crippen molar-refractivity contribution >= 4 is 38.8 Å². The Morgan fingerprint density at radius 3 is 2.04 bits per heavy atom. The number of carboxylic acid groups (broad SMARTS) is 1. The summed E-state index contributed by atoms with van der Waals surface area (Å²) in [6.45, 7) is 6.84. The van der Waals surface area contributed by atoms with Crippen molar-refractivity contribution in [2.75, 3.05) is 0 Å². The number of rotatable bonds is 11. The summed E-state index contributed by atoms with van der Waals surface area (Å²) in [5, 5.41) is 10.4. The molecule has 1 heterocycles. The second-order valence-corrected chi connectivity index (χ2v) is 20.7. The van der Waals surface area contributed by atoms with E-state index in [9.17, 15) is 9.90 Å². The van der Waals surface area contributed by atoms with Crippen LogP contribution in [0, 0.1) is 0 Å². The van der Waals surface area contributed by atoms with Gasteiger partial charge in [-0.1, -0.05) is 0 Å². The molecule has 4 heteroatoms. The summed E-state index contributed by atoms with van der Waals surface area (Å²) in [5.74, 6) is -0.856. The second-order valence-electron chi connectivity index (χ2n) is 7.49. The minimum absolute atomic E-state index is 0.388. The molecule has 2 aromatic rings. The van der Waals surface area contributed by atoms with Crippen LogP contribution in [0.25, 0.3) is 10.9 Å². The van der Waals surface area contributed by atoms with E-state index >= 15 is 0 Å². The molecule has 3 nitrogen and oxygen atoms in total. The first-order chi connectivity index (χ1) is 12.6. The molecule has 0 saturated heterocycles. The predicted octanol–water partition coefficient (Wildman–Crippen LogP) is 5.99. The molecule has 0 spiro atoms. The van der Waals surface area contributed by atoms with Gasteiger partial charge in [0.15, 0.2) is 0 Å². The number of pyridine rings is 1. The summed E-state index contributed by atoms with van der Waals surface area (Å²) in [7, 11) is 0. The van der Waals surface area contributed by atoms with Gasteiger partial charge in [-0.3, -0.25) is 0 Å². The first-order valence-corrected chi connectivity index (χ1v) is 17.7. The van der Waals surface area contributed by atoms with E-state index in [1.54, 1.807) is 12.3 Å². The molecular weight excluding hydrogens is 429 g/mol. The fourth-order valence-electron chi connectivity index (χ4n) is 4.02. The van der Waals surface area contributed by atoms with Gasteiger partial charge in [-0.15, -0.1) is 0 Å². The van der Waals surface area contributed by atoms with E-state index in [1.807, 2.05) is 0 Å². The van der Waals surface area contributed by atoms with E-state index in [0.29, 0.717) is 5.56 Å². The molecule has 0 bridgehead atoms. The van der Waals surface area contributed by atoms with Gasteiger partial charge in [-0.05, 0) is 0 Å². The zero-order valence-corrected chi connectivity index (χ0v) is 19.4. The Balaban J connectivity index is 2.57. The maximum absolute atomic E-state index is 11.7. The van der Waals surface area contributed by atoms with Gasteiger partial charge in [-0.25, -0.2) is 0 Å². The summed E-state index contributed by atoms with van der Waals surface area (Å²) in [6, 6.07) is 8.20. The van der Waals surface area contributed by atoms with Crippen LogP contribution >= 0.6 is 0 Å². The number of fused-ring (bicyclic) bond motifs is 1. The Morgan fingerprint density at radius 1 is 0.962 bits per heavy atom. The number of hydrogen-bond acceptors (Lipinski definition) is 2. The molecule has 0 radical (unpaired) electrons. The Bertz CT molecular complexity index is 707. The van der Waals surface area contributed by atoms with Crippen LogP contribution in [0.4, 0.5) is 0 Å². The van der Waals surface area contributed by atoms with Gasteiger partial charge in [-0.2, -0.15) is 0 Å². The van der Waals surface area contributed by atoms with Crippen molar-refractivity contribution in [3.05, 3.63) is 36.0 Å². The third-order valence-electron chi connectivity index (χ3n) is 5.61. The number of carbonyl (C=O) groups is 1. The van der Waals surface area contributed by atoms with E-state index in [2.05, 4.69) is 44.0 Å². The van der Waals surface area contributed by atoms with Crippen LogP contribution in [0.5, 0.6) is 0 Å². The second kappa shape index (κ2) is 10.3. The van der Waals surface area contributed by atoms with Gasteiger partial charge < -0.3 is 0 Å².